The number of unbranched alkanes of at least 4 members (excludes halogenated alkanes) is 1. The van der Waals surface area contributed by atoms with Gasteiger partial charge in [0.1, 0.15) is 5.75 Å². The third kappa shape index (κ3) is 6.28. The molecule has 0 fully saturated rings. The topological polar surface area (TPSA) is 108 Å². The van der Waals surface area contributed by atoms with Crippen molar-refractivity contribution in [3.05, 3.63) is 29.8 Å². The van der Waals surface area contributed by atoms with E-state index in [2.05, 4.69) is 6.92 Å². The van der Waals surface area contributed by atoms with Crippen molar-refractivity contribution in [2.45, 2.75) is 39.7 Å². The van der Waals surface area contributed by atoms with Gasteiger partial charge >= 0.3 is 12.0 Å². The zero-order chi connectivity index (χ0) is 18.1. The number of carbonyl (C=O) groups is 3. The smallest absolute Gasteiger partial charge is 0.338 e. The van der Waals surface area contributed by atoms with Crippen molar-refractivity contribution in [2.24, 2.45) is 11.7 Å². The highest BCUT2D eigenvalue weighted by atomic mass is 16.5. The van der Waals surface area contributed by atoms with Crippen molar-refractivity contribution in [1.29, 1.82) is 0 Å². The summed E-state index contributed by atoms with van der Waals surface area (Å²) in [6, 6.07) is 5.47. The Bertz CT molecular complexity index is 569. The number of imide groups is 1. The number of primary amides is 1. The second-order valence-corrected chi connectivity index (χ2v) is 5.65. The Kier molecular flexibility index (Phi) is 7.74. The number of nitrogens with one attached hydrogen (secondary N) is 1. The van der Waals surface area contributed by atoms with E-state index in [0.29, 0.717) is 12.4 Å². The van der Waals surface area contributed by atoms with Gasteiger partial charge in [0.15, 0.2) is 6.10 Å². The Morgan fingerprint density at radius 3 is 2.29 bits per heavy atom. The second kappa shape index (κ2) is 9.54. The second-order valence-electron chi connectivity index (χ2n) is 5.65. The largest absolute Gasteiger partial charge is 0.494 e. The minimum absolute atomic E-state index is 0.287. The lowest BCUT2D eigenvalue weighted by molar-refractivity contribution is -0.130. The number of ether oxygens (including phenoxy) is 2. The Morgan fingerprint density at radius 2 is 1.79 bits per heavy atom. The fraction of sp³-hybridized carbons (Fsp3) is 0.471. The lowest BCUT2D eigenvalue weighted by Crippen LogP contribution is -2.45. The van der Waals surface area contributed by atoms with Gasteiger partial charge in [-0.2, -0.15) is 0 Å². The summed E-state index contributed by atoms with van der Waals surface area (Å²) in [4.78, 5) is 34.8. The van der Waals surface area contributed by atoms with Gasteiger partial charge in [0.2, 0.25) is 0 Å². The van der Waals surface area contributed by atoms with Gasteiger partial charge in [-0.05, 0) is 36.6 Å². The van der Waals surface area contributed by atoms with E-state index in [0.717, 1.165) is 12.8 Å². The van der Waals surface area contributed by atoms with E-state index in [9.17, 15) is 14.4 Å². The van der Waals surface area contributed by atoms with Crippen LogP contribution in [0.3, 0.4) is 0 Å². The number of amides is 3. The molecule has 132 valence electrons. The van der Waals surface area contributed by atoms with Crippen LogP contribution in [0.25, 0.3) is 0 Å². The first-order valence-electron chi connectivity index (χ1n) is 7.89. The Hall–Kier alpha value is -2.57. The zero-order valence-electron chi connectivity index (χ0n) is 14.2. The molecule has 0 unspecified atom stereocenters. The fourth-order valence-electron chi connectivity index (χ4n) is 1.89. The summed E-state index contributed by atoms with van der Waals surface area (Å²) in [5.41, 5.74) is 5.20. The minimum Gasteiger partial charge on any atom is -0.494 e. The molecule has 1 rings (SSSR count). The van der Waals surface area contributed by atoms with E-state index in [1.165, 1.54) is 0 Å². The van der Waals surface area contributed by atoms with E-state index in [-0.39, 0.29) is 11.5 Å². The molecule has 0 aromatic heterocycles. The SMILES string of the molecule is CCCCOc1ccc(C(=O)O[C@@H](C(=O)NC(N)=O)C(C)C)cc1. The summed E-state index contributed by atoms with van der Waals surface area (Å²) in [6.07, 6.45) is 0.883. The predicted molar refractivity (Wildman–Crippen MR) is 88.6 cm³/mol. The standard InChI is InChI=1S/C17H24N2O5/c1-4-5-10-23-13-8-6-12(7-9-13)16(21)24-14(11(2)3)15(20)19-17(18)22/h6-9,11,14H,4-5,10H2,1-3H3,(H3,18,19,20,22)/t14-/m1/s1. The van der Waals surface area contributed by atoms with Gasteiger partial charge in [0.05, 0.1) is 12.2 Å². The number of hydrogen-bond acceptors (Lipinski definition) is 5. The van der Waals surface area contributed by atoms with Gasteiger partial charge in [-0.15, -0.1) is 0 Å². The number of rotatable bonds is 8. The molecule has 0 aliphatic rings. The average molecular weight is 336 g/mol. The highest BCUT2D eigenvalue weighted by molar-refractivity contribution is 5.98. The van der Waals surface area contributed by atoms with Crippen LogP contribution in [0.5, 0.6) is 5.75 Å². The molecule has 0 aliphatic carbocycles. The highest BCUT2D eigenvalue weighted by Crippen LogP contribution is 2.16. The normalized spacial score (nSPS) is 11.7. The fourth-order valence-corrected chi connectivity index (χ4v) is 1.89. The first-order valence-corrected chi connectivity index (χ1v) is 7.89. The molecule has 3 amide bonds. The van der Waals surface area contributed by atoms with Gasteiger partial charge < -0.3 is 15.2 Å². The van der Waals surface area contributed by atoms with Crippen LogP contribution in [0, 0.1) is 5.92 Å². The zero-order valence-corrected chi connectivity index (χ0v) is 14.2. The van der Waals surface area contributed by atoms with Crippen LogP contribution >= 0.6 is 0 Å². The molecular weight excluding hydrogens is 312 g/mol. The van der Waals surface area contributed by atoms with Crippen molar-refractivity contribution >= 4 is 17.9 Å². The first-order chi connectivity index (χ1) is 11.3. The van der Waals surface area contributed by atoms with Crippen molar-refractivity contribution in [2.75, 3.05) is 6.61 Å². The lowest BCUT2D eigenvalue weighted by atomic mass is 10.1. The van der Waals surface area contributed by atoms with E-state index >= 15 is 0 Å². The number of nitrogens with two attached hydrogens (primary N) is 1. The number of carbonyl (C=O) groups excluding carboxylic acids is 3. The molecule has 0 bridgehead atoms. The van der Waals surface area contributed by atoms with Crippen molar-refractivity contribution in [3.8, 4) is 5.75 Å². The van der Waals surface area contributed by atoms with Crippen molar-refractivity contribution < 1.29 is 23.9 Å². The molecule has 7 nitrogen and oxygen atoms in total. The van der Waals surface area contributed by atoms with Crippen molar-refractivity contribution in [1.82, 2.24) is 5.32 Å². The summed E-state index contributed by atoms with van der Waals surface area (Å²) in [5.74, 6) is -1.06. The highest BCUT2D eigenvalue weighted by Gasteiger charge is 2.27. The molecule has 1 aromatic rings. The van der Waals surface area contributed by atoms with Gasteiger partial charge in [0.25, 0.3) is 5.91 Å². The van der Waals surface area contributed by atoms with Gasteiger partial charge in [-0.3, -0.25) is 10.1 Å². The first kappa shape index (κ1) is 19.5. The maximum atomic E-state index is 12.2. The quantitative estimate of drug-likeness (QED) is 0.559. The van der Waals surface area contributed by atoms with E-state index in [1.807, 2.05) is 5.32 Å². The molecule has 0 aliphatic heterocycles. The molecule has 7 heteroatoms. The minimum atomic E-state index is -1.11. The van der Waals surface area contributed by atoms with Crippen LogP contribution in [0.4, 0.5) is 4.79 Å². The van der Waals surface area contributed by atoms with Crippen LogP contribution in [0.1, 0.15) is 44.0 Å². The monoisotopic (exact) mass is 336 g/mol. The molecule has 0 saturated carbocycles. The summed E-state index contributed by atoms with van der Waals surface area (Å²) >= 11 is 0. The Balaban J connectivity index is 2.70. The molecule has 0 spiro atoms. The number of urea groups is 1. The Labute approximate surface area is 141 Å². The van der Waals surface area contributed by atoms with Crippen molar-refractivity contribution in [3.63, 3.8) is 0 Å². The summed E-state index contributed by atoms with van der Waals surface area (Å²) in [5, 5.41) is 1.92. The average Bonchev–Trinajstić information content (AvgIpc) is 2.52. The molecule has 3 N–H and O–H groups in total. The predicted octanol–water partition coefficient (Wildman–Crippen LogP) is 2.24. The maximum absolute atomic E-state index is 12.2. The van der Waals surface area contributed by atoms with Crippen LogP contribution in [0.2, 0.25) is 0 Å². The van der Waals surface area contributed by atoms with E-state index < -0.39 is 24.0 Å². The van der Waals surface area contributed by atoms with Crippen LogP contribution in [-0.4, -0.2) is 30.6 Å². The lowest BCUT2D eigenvalue weighted by Gasteiger charge is -2.19. The maximum Gasteiger partial charge on any atom is 0.338 e. The summed E-state index contributed by atoms with van der Waals surface area (Å²) in [6.45, 7) is 6.08. The van der Waals surface area contributed by atoms with Gasteiger partial charge in [0, 0.05) is 0 Å². The molecule has 1 aromatic carbocycles. The number of hydrogen-bond donors (Lipinski definition) is 2. The number of esters is 1. The van der Waals surface area contributed by atoms with Gasteiger partial charge in [-0.1, -0.05) is 27.2 Å². The summed E-state index contributed by atoms with van der Waals surface area (Å²) < 4.78 is 10.7. The number of benzene rings is 1. The molecule has 0 radical (unpaired) electrons. The van der Waals surface area contributed by atoms with E-state index in [4.69, 9.17) is 15.2 Å². The third-order valence-corrected chi connectivity index (χ3v) is 3.20. The van der Waals surface area contributed by atoms with Gasteiger partial charge in [-0.25, -0.2) is 9.59 Å². The molecular formula is C17H24N2O5. The molecule has 0 heterocycles. The van der Waals surface area contributed by atoms with Crippen LogP contribution in [0.15, 0.2) is 24.3 Å². The molecule has 1 atom stereocenters. The molecule has 24 heavy (non-hydrogen) atoms. The molecule has 0 saturated heterocycles. The summed E-state index contributed by atoms with van der Waals surface area (Å²) in [7, 11) is 0. The Morgan fingerprint density at radius 1 is 1.17 bits per heavy atom. The third-order valence-electron chi connectivity index (χ3n) is 3.20. The van der Waals surface area contributed by atoms with Crippen LogP contribution < -0.4 is 15.8 Å². The van der Waals surface area contributed by atoms with E-state index in [1.54, 1.807) is 38.1 Å². The van der Waals surface area contributed by atoms with Crippen LogP contribution in [-0.2, 0) is 9.53 Å².